The van der Waals surface area contributed by atoms with Crippen molar-refractivity contribution in [1.82, 2.24) is 5.32 Å². The summed E-state index contributed by atoms with van der Waals surface area (Å²) < 4.78 is 10.8. The summed E-state index contributed by atoms with van der Waals surface area (Å²) >= 11 is 0. The zero-order chi connectivity index (χ0) is 13.7. The maximum Gasteiger partial charge on any atom is 0.234 e. The largest absolute Gasteiger partial charge is 0.497 e. The molecule has 0 radical (unpaired) electrons. The van der Waals surface area contributed by atoms with Crippen molar-refractivity contribution in [3.8, 4) is 11.8 Å². The second-order valence-corrected chi connectivity index (χ2v) is 4.21. The van der Waals surface area contributed by atoms with Crippen molar-refractivity contribution >= 4 is 6.21 Å². The van der Waals surface area contributed by atoms with Gasteiger partial charge in [-0.25, -0.2) is 4.99 Å². The van der Waals surface area contributed by atoms with Crippen LogP contribution in [0.3, 0.4) is 0 Å². The highest BCUT2D eigenvalue weighted by atomic mass is 16.5. The van der Waals surface area contributed by atoms with Crippen LogP contribution in [0, 0.1) is 11.3 Å². The molecular formula is C14H15N3O2. The lowest BCUT2D eigenvalue weighted by Crippen LogP contribution is -2.44. The molecule has 0 saturated carbocycles. The molecule has 0 fully saturated rings. The number of ether oxygens (including phenoxy) is 2. The summed E-state index contributed by atoms with van der Waals surface area (Å²) in [7, 11) is 1.63. The van der Waals surface area contributed by atoms with Crippen LogP contribution in [0.4, 0.5) is 0 Å². The molecule has 2 rings (SSSR count). The molecule has 1 aliphatic heterocycles. The van der Waals surface area contributed by atoms with Crippen molar-refractivity contribution in [1.29, 1.82) is 5.26 Å². The Kier molecular flexibility index (Phi) is 3.83. The normalized spacial score (nSPS) is 21.2. The van der Waals surface area contributed by atoms with E-state index >= 15 is 0 Å². The van der Waals surface area contributed by atoms with Crippen LogP contribution < -0.4 is 10.1 Å². The Bertz CT molecular complexity index is 543. The van der Waals surface area contributed by atoms with Crippen molar-refractivity contribution in [3.05, 3.63) is 41.6 Å². The van der Waals surface area contributed by atoms with Crippen LogP contribution in [0.5, 0.6) is 5.75 Å². The standard InChI is InChI=1S/C14H15N3O2/c1-14(16-8-7-12(9-15)17-14)19-10-11-3-5-13(18-2)6-4-11/h3-8,17H,10H2,1-2H3. The summed E-state index contributed by atoms with van der Waals surface area (Å²) in [5.74, 6) is -0.0989. The SMILES string of the molecule is COc1ccc(COC2(C)N=CC=C(C#N)N2)cc1. The molecule has 1 N–H and O–H groups in total. The number of nitriles is 1. The summed E-state index contributed by atoms with van der Waals surface area (Å²) in [6.07, 6.45) is 3.18. The Morgan fingerprint density at radius 3 is 2.74 bits per heavy atom. The van der Waals surface area contributed by atoms with Gasteiger partial charge in [-0.05, 0) is 23.8 Å². The summed E-state index contributed by atoms with van der Waals surface area (Å²) in [5, 5.41) is 11.8. The first-order valence-electron chi connectivity index (χ1n) is 5.86. The van der Waals surface area contributed by atoms with Gasteiger partial charge in [0.1, 0.15) is 17.5 Å². The Hall–Kier alpha value is -2.32. The summed E-state index contributed by atoms with van der Waals surface area (Å²) in [6.45, 7) is 2.17. The van der Waals surface area contributed by atoms with Gasteiger partial charge in [0, 0.05) is 13.1 Å². The fourth-order valence-corrected chi connectivity index (χ4v) is 1.66. The molecule has 0 spiro atoms. The first-order valence-corrected chi connectivity index (χ1v) is 5.86. The van der Waals surface area contributed by atoms with Crippen LogP contribution >= 0.6 is 0 Å². The number of methoxy groups -OCH3 is 1. The molecule has 1 aliphatic rings. The summed E-state index contributed by atoms with van der Waals surface area (Å²) in [5.41, 5.74) is 1.44. The molecule has 5 nitrogen and oxygen atoms in total. The molecule has 19 heavy (non-hydrogen) atoms. The topological polar surface area (TPSA) is 66.6 Å². The highest BCUT2D eigenvalue weighted by molar-refractivity contribution is 5.74. The van der Waals surface area contributed by atoms with E-state index in [4.69, 9.17) is 14.7 Å². The minimum atomic E-state index is -0.903. The second kappa shape index (κ2) is 5.55. The highest BCUT2D eigenvalue weighted by Gasteiger charge is 2.26. The van der Waals surface area contributed by atoms with Crippen molar-refractivity contribution in [3.63, 3.8) is 0 Å². The van der Waals surface area contributed by atoms with Crippen LogP contribution in [0.25, 0.3) is 0 Å². The smallest absolute Gasteiger partial charge is 0.234 e. The van der Waals surface area contributed by atoms with Gasteiger partial charge in [-0.1, -0.05) is 12.1 Å². The van der Waals surface area contributed by atoms with Gasteiger partial charge in [0.25, 0.3) is 0 Å². The fraction of sp³-hybridized carbons (Fsp3) is 0.286. The lowest BCUT2D eigenvalue weighted by atomic mass is 10.2. The van der Waals surface area contributed by atoms with E-state index in [1.54, 1.807) is 26.3 Å². The van der Waals surface area contributed by atoms with Gasteiger partial charge in [-0.15, -0.1) is 0 Å². The number of nitrogens with zero attached hydrogens (tertiary/aromatic N) is 2. The average Bonchev–Trinajstić information content (AvgIpc) is 2.46. The van der Waals surface area contributed by atoms with Crippen molar-refractivity contribution in [2.75, 3.05) is 7.11 Å². The van der Waals surface area contributed by atoms with E-state index in [0.29, 0.717) is 12.3 Å². The number of nitrogens with one attached hydrogen (secondary N) is 1. The van der Waals surface area contributed by atoms with Crippen LogP contribution in [0.15, 0.2) is 41.0 Å². The maximum atomic E-state index is 8.85. The minimum Gasteiger partial charge on any atom is -0.497 e. The number of allylic oxidation sites excluding steroid dienone is 2. The molecule has 0 saturated heterocycles. The molecule has 1 atom stereocenters. The van der Waals surface area contributed by atoms with Crippen molar-refractivity contribution < 1.29 is 9.47 Å². The van der Waals surface area contributed by atoms with Crippen molar-refractivity contribution in [2.24, 2.45) is 4.99 Å². The molecule has 1 unspecified atom stereocenters. The van der Waals surface area contributed by atoms with Gasteiger partial charge in [0.15, 0.2) is 0 Å². The molecule has 0 bridgehead atoms. The van der Waals surface area contributed by atoms with Gasteiger partial charge in [0.2, 0.25) is 5.85 Å². The Labute approximate surface area is 112 Å². The molecule has 1 aromatic rings. The zero-order valence-electron chi connectivity index (χ0n) is 10.9. The number of aliphatic imine (C=N–C) groups is 1. The number of hydrogen-bond acceptors (Lipinski definition) is 5. The predicted octanol–water partition coefficient (Wildman–Crippen LogP) is 1.97. The molecule has 0 amide bonds. The maximum absolute atomic E-state index is 8.85. The zero-order valence-corrected chi connectivity index (χ0v) is 10.9. The second-order valence-electron chi connectivity index (χ2n) is 4.21. The van der Waals surface area contributed by atoms with Crippen molar-refractivity contribution in [2.45, 2.75) is 19.4 Å². The number of hydrogen-bond donors (Lipinski definition) is 1. The number of benzene rings is 1. The quantitative estimate of drug-likeness (QED) is 0.895. The third kappa shape index (κ3) is 3.33. The summed E-state index contributed by atoms with van der Waals surface area (Å²) in [6, 6.07) is 9.64. The van der Waals surface area contributed by atoms with Gasteiger partial charge < -0.3 is 14.8 Å². The molecule has 1 aromatic carbocycles. The first kappa shape index (κ1) is 13.1. The highest BCUT2D eigenvalue weighted by Crippen LogP contribution is 2.18. The predicted molar refractivity (Wildman–Crippen MR) is 71.5 cm³/mol. The average molecular weight is 257 g/mol. The van der Waals surface area contributed by atoms with Crippen LogP contribution in [0.2, 0.25) is 0 Å². The Balaban J connectivity index is 1.97. The molecule has 5 heteroatoms. The van der Waals surface area contributed by atoms with Gasteiger partial charge in [0.05, 0.1) is 13.7 Å². The molecule has 1 heterocycles. The Morgan fingerprint density at radius 2 is 2.11 bits per heavy atom. The van der Waals surface area contributed by atoms with Gasteiger partial charge >= 0.3 is 0 Å². The lowest BCUT2D eigenvalue weighted by Gasteiger charge is -2.29. The van der Waals surface area contributed by atoms with Crippen LogP contribution in [-0.4, -0.2) is 19.2 Å². The minimum absolute atomic E-state index is 0.392. The van der Waals surface area contributed by atoms with E-state index < -0.39 is 5.85 Å². The van der Waals surface area contributed by atoms with E-state index in [-0.39, 0.29) is 0 Å². The van der Waals surface area contributed by atoms with Gasteiger partial charge in [-0.3, -0.25) is 0 Å². The van der Waals surface area contributed by atoms with E-state index in [2.05, 4.69) is 10.3 Å². The molecule has 0 aromatic heterocycles. The third-order valence-electron chi connectivity index (χ3n) is 2.73. The number of rotatable bonds is 4. The molecule has 98 valence electrons. The Morgan fingerprint density at radius 1 is 1.37 bits per heavy atom. The third-order valence-corrected chi connectivity index (χ3v) is 2.73. The monoisotopic (exact) mass is 257 g/mol. The van der Waals surface area contributed by atoms with E-state index in [1.165, 1.54) is 0 Å². The first-order chi connectivity index (χ1) is 9.15. The molecule has 0 aliphatic carbocycles. The van der Waals surface area contributed by atoms with Crippen LogP contribution in [-0.2, 0) is 11.3 Å². The summed E-state index contributed by atoms with van der Waals surface area (Å²) in [4.78, 5) is 4.20. The fourth-order valence-electron chi connectivity index (χ4n) is 1.66. The van der Waals surface area contributed by atoms with E-state index in [9.17, 15) is 0 Å². The molecular weight excluding hydrogens is 242 g/mol. The lowest BCUT2D eigenvalue weighted by molar-refractivity contribution is -0.0540. The van der Waals surface area contributed by atoms with E-state index in [1.807, 2.05) is 30.3 Å². The van der Waals surface area contributed by atoms with Crippen LogP contribution in [0.1, 0.15) is 12.5 Å². The van der Waals surface area contributed by atoms with E-state index in [0.717, 1.165) is 11.3 Å². The van der Waals surface area contributed by atoms with Gasteiger partial charge in [-0.2, -0.15) is 5.26 Å².